The van der Waals surface area contributed by atoms with Gasteiger partial charge in [0.25, 0.3) is 0 Å². The third-order valence-electron chi connectivity index (χ3n) is 2.12. The van der Waals surface area contributed by atoms with Crippen LogP contribution in [0.1, 0.15) is 11.3 Å². The summed E-state index contributed by atoms with van der Waals surface area (Å²) in [6, 6.07) is 9.34. The zero-order valence-corrected chi connectivity index (χ0v) is 8.92. The number of nitrogens with zero attached hydrogens (tertiary/aromatic N) is 2. The predicted octanol–water partition coefficient (Wildman–Crippen LogP) is 2.07. The predicted molar refractivity (Wildman–Crippen MR) is 59.2 cm³/mol. The van der Waals surface area contributed by atoms with Gasteiger partial charge in [-0.25, -0.2) is 9.97 Å². The molecule has 0 aliphatic rings. The molecule has 0 aliphatic heterocycles. The van der Waals surface area contributed by atoms with Crippen molar-refractivity contribution in [2.75, 3.05) is 0 Å². The second-order valence-electron chi connectivity index (χ2n) is 3.35. The second-order valence-corrected chi connectivity index (χ2v) is 3.35. The van der Waals surface area contributed by atoms with Gasteiger partial charge in [0.1, 0.15) is 5.75 Å². The number of aliphatic hydroxyl groups excluding tert-OH is 1. The lowest BCUT2D eigenvalue weighted by Crippen LogP contribution is -1.96. The SMILES string of the molecule is Cc1ccnc(Oc2ccccc2CO)n1. The van der Waals surface area contributed by atoms with E-state index in [1.165, 1.54) is 0 Å². The molecule has 0 atom stereocenters. The summed E-state index contributed by atoms with van der Waals surface area (Å²) in [6.45, 7) is 1.80. The first-order valence-corrected chi connectivity index (χ1v) is 4.96. The lowest BCUT2D eigenvalue weighted by molar-refractivity contribution is 0.275. The van der Waals surface area contributed by atoms with E-state index in [-0.39, 0.29) is 6.61 Å². The lowest BCUT2D eigenvalue weighted by atomic mass is 10.2. The molecule has 1 aromatic heterocycles. The van der Waals surface area contributed by atoms with E-state index in [9.17, 15) is 0 Å². The van der Waals surface area contributed by atoms with Crippen molar-refractivity contribution in [3.05, 3.63) is 47.8 Å². The normalized spacial score (nSPS) is 10.1. The Labute approximate surface area is 93.6 Å². The molecule has 4 heteroatoms. The van der Waals surface area contributed by atoms with Crippen LogP contribution in [0.2, 0.25) is 0 Å². The monoisotopic (exact) mass is 216 g/mol. The van der Waals surface area contributed by atoms with Crippen molar-refractivity contribution in [2.24, 2.45) is 0 Å². The smallest absolute Gasteiger partial charge is 0.322 e. The Morgan fingerprint density at radius 1 is 1.25 bits per heavy atom. The van der Waals surface area contributed by atoms with Crippen molar-refractivity contribution in [3.8, 4) is 11.8 Å². The summed E-state index contributed by atoms with van der Waals surface area (Å²) >= 11 is 0. The highest BCUT2D eigenvalue weighted by Gasteiger charge is 2.04. The molecule has 1 N–H and O–H groups in total. The summed E-state index contributed by atoms with van der Waals surface area (Å²) in [5.74, 6) is 0.579. The van der Waals surface area contributed by atoms with Crippen molar-refractivity contribution in [1.82, 2.24) is 9.97 Å². The molecule has 16 heavy (non-hydrogen) atoms. The first kappa shape index (κ1) is 10.6. The van der Waals surface area contributed by atoms with Gasteiger partial charge in [-0.05, 0) is 19.1 Å². The third-order valence-corrected chi connectivity index (χ3v) is 2.12. The van der Waals surface area contributed by atoms with Gasteiger partial charge in [0, 0.05) is 17.5 Å². The maximum absolute atomic E-state index is 9.13. The number of ether oxygens (including phenoxy) is 1. The van der Waals surface area contributed by atoms with E-state index in [4.69, 9.17) is 9.84 Å². The minimum absolute atomic E-state index is 0.0675. The molecule has 1 aromatic carbocycles. The van der Waals surface area contributed by atoms with Gasteiger partial charge in [0.2, 0.25) is 0 Å². The molecular formula is C12H12N2O2. The van der Waals surface area contributed by atoms with Crippen LogP contribution in [0.25, 0.3) is 0 Å². The largest absolute Gasteiger partial charge is 0.424 e. The van der Waals surface area contributed by atoms with Gasteiger partial charge in [0.15, 0.2) is 0 Å². The van der Waals surface area contributed by atoms with Crippen LogP contribution in [-0.4, -0.2) is 15.1 Å². The maximum Gasteiger partial charge on any atom is 0.322 e. The molecule has 0 fully saturated rings. The van der Waals surface area contributed by atoms with Crippen molar-refractivity contribution >= 4 is 0 Å². The molecule has 2 aromatic rings. The molecule has 0 aliphatic carbocycles. The van der Waals surface area contributed by atoms with Crippen molar-refractivity contribution < 1.29 is 9.84 Å². The molecule has 4 nitrogen and oxygen atoms in total. The highest BCUT2D eigenvalue weighted by molar-refractivity contribution is 5.34. The highest BCUT2D eigenvalue weighted by atomic mass is 16.5. The van der Waals surface area contributed by atoms with Gasteiger partial charge in [-0.15, -0.1) is 0 Å². The number of rotatable bonds is 3. The van der Waals surface area contributed by atoms with Crippen molar-refractivity contribution in [3.63, 3.8) is 0 Å². The zero-order valence-electron chi connectivity index (χ0n) is 8.92. The second kappa shape index (κ2) is 4.72. The number of aryl methyl sites for hydroxylation is 1. The molecule has 0 amide bonds. The lowest BCUT2D eigenvalue weighted by Gasteiger charge is -2.07. The van der Waals surface area contributed by atoms with Crippen LogP contribution >= 0.6 is 0 Å². The van der Waals surface area contributed by atoms with Crippen LogP contribution in [-0.2, 0) is 6.61 Å². The summed E-state index contributed by atoms with van der Waals surface area (Å²) in [7, 11) is 0. The van der Waals surface area contributed by atoms with E-state index in [0.29, 0.717) is 17.3 Å². The van der Waals surface area contributed by atoms with E-state index in [0.717, 1.165) is 5.69 Å². The molecule has 82 valence electrons. The number of aliphatic hydroxyl groups is 1. The van der Waals surface area contributed by atoms with Crippen LogP contribution in [0, 0.1) is 6.92 Å². The maximum atomic E-state index is 9.13. The first-order chi connectivity index (χ1) is 7.79. The van der Waals surface area contributed by atoms with Crippen molar-refractivity contribution in [2.45, 2.75) is 13.5 Å². The molecular weight excluding hydrogens is 204 g/mol. The van der Waals surface area contributed by atoms with E-state index in [2.05, 4.69) is 9.97 Å². The molecule has 0 spiro atoms. The van der Waals surface area contributed by atoms with Crippen LogP contribution in [0.4, 0.5) is 0 Å². The highest BCUT2D eigenvalue weighted by Crippen LogP contribution is 2.22. The summed E-state index contributed by atoms with van der Waals surface area (Å²) in [5, 5.41) is 9.13. The fourth-order valence-electron chi connectivity index (χ4n) is 1.31. The van der Waals surface area contributed by atoms with Gasteiger partial charge in [0.05, 0.1) is 6.61 Å². The van der Waals surface area contributed by atoms with Crippen molar-refractivity contribution in [1.29, 1.82) is 0 Å². The fourth-order valence-corrected chi connectivity index (χ4v) is 1.31. The summed E-state index contributed by atoms with van der Waals surface area (Å²) in [4.78, 5) is 8.12. The molecule has 0 unspecified atom stereocenters. The Morgan fingerprint density at radius 3 is 2.81 bits per heavy atom. The molecule has 0 saturated heterocycles. The number of hydrogen-bond acceptors (Lipinski definition) is 4. The summed E-state index contributed by atoms with van der Waals surface area (Å²) in [5.41, 5.74) is 1.55. The Kier molecular flexibility index (Phi) is 3.12. The molecule has 0 saturated carbocycles. The average Bonchev–Trinajstić information content (AvgIpc) is 2.30. The van der Waals surface area contributed by atoms with Crippen LogP contribution < -0.4 is 4.74 Å². The number of benzene rings is 1. The molecule has 2 rings (SSSR count). The van der Waals surface area contributed by atoms with E-state index < -0.39 is 0 Å². The van der Waals surface area contributed by atoms with Crippen LogP contribution in [0.3, 0.4) is 0 Å². The van der Waals surface area contributed by atoms with E-state index >= 15 is 0 Å². The Morgan fingerprint density at radius 2 is 2.06 bits per heavy atom. The first-order valence-electron chi connectivity index (χ1n) is 4.96. The van der Waals surface area contributed by atoms with Gasteiger partial charge < -0.3 is 9.84 Å². The van der Waals surface area contributed by atoms with E-state index in [1.807, 2.05) is 19.1 Å². The minimum atomic E-state index is -0.0675. The van der Waals surface area contributed by atoms with E-state index in [1.54, 1.807) is 24.4 Å². The Bertz CT molecular complexity index is 486. The van der Waals surface area contributed by atoms with Crippen LogP contribution in [0.5, 0.6) is 11.8 Å². The van der Waals surface area contributed by atoms with Gasteiger partial charge in [-0.2, -0.15) is 0 Å². The quantitative estimate of drug-likeness (QED) is 0.853. The number of aromatic nitrogens is 2. The topological polar surface area (TPSA) is 55.2 Å². The van der Waals surface area contributed by atoms with Crippen LogP contribution in [0.15, 0.2) is 36.5 Å². The number of hydrogen-bond donors (Lipinski definition) is 1. The number of para-hydroxylation sites is 1. The average molecular weight is 216 g/mol. The minimum Gasteiger partial charge on any atom is -0.424 e. The fraction of sp³-hybridized carbons (Fsp3) is 0.167. The molecule has 1 heterocycles. The summed E-state index contributed by atoms with van der Waals surface area (Å²) < 4.78 is 5.50. The Balaban J connectivity index is 2.26. The van der Waals surface area contributed by atoms with Gasteiger partial charge >= 0.3 is 6.01 Å². The van der Waals surface area contributed by atoms with Gasteiger partial charge in [-0.3, -0.25) is 0 Å². The van der Waals surface area contributed by atoms with Gasteiger partial charge in [-0.1, -0.05) is 18.2 Å². The summed E-state index contributed by atoms with van der Waals surface area (Å²) in [6.07, 6.45) is 1.64. The molecule has 0 radical (unpaired) electrons. The molecule has 0 bridgehead atoms. The zero-order chi connectivity index (χ0) is 11.4. The third kappa shape index (κ3) is 2.35. The standard InChI is InChI=1S/C12H12N2O2/c1-9-6-7-13-12(14-9)16-11-5-3-2-4-10(11)8-15/h2-7,15H,8H2,1H3. The Hall–Kier alpha value is -1.94.